The molecule has 0 saturated heterocycles. The molecule has 1 unspecified atom stereocenters. The molecule has 0 radical (unpaired) electrons. The van der Waals surface area contributed by atoms with Gasteiger partial charge in [-0.05, 0) is 44.5 Å². The van der Waals surface area contributed by atoms with Crippen molar-refractivity contribution >= 4 is 45.1 Å². The highest BCUT2D eigenvalue weighted by Crippen LogP contribution is 2.28. The van der Waals surface area contributed by atoms with E-state index in [0.29, 0.717) is 31.2 Å². The largest absolute Gasteiger partial charge is 0.462 e. The predicted octanol–water partition coefficient (Wildman–Crippen LogP) is 4.04. The minimum Gasteiger partial charge on any atom is -0.462 e. The minimum atomic E-state index is -0.808. The van der Waals surface area contributed by atoms with E-state index < -0.39 is 23.6 Å². The molecular formula is C19H17ClN2O5S. The van der Waals surface area contributed by atoms with Crippen molar-refractivity contribution in [3.05, 3.63) is 61.5 Å². The first-order valence-corrected chi connectivity index (χ1v) is 9.68. The lowest BCUT2D eigenvalue weighted by Crippen LogP contribution is -2.17. The molecule has 0 amide bonds. The predicted molar refractivity (Wildman–Crippen MR) is 106 cm³/mol. The number of fused-ring (bicyclic) bond motifs is 1. The summed E-state index contributed by atoms with van der Waals surface area (Å²) in [5, 5.41) is 0.737. The molecule has 1 aromatic carbocycles. The van der Waals surface area contributed by atoms with E-state index >= 15 is 0 Å². The van der Waals surface area contributed by atoms with E-state index in [1.165, 1.54) is 6.07 Å². The van der Waals surface area contributed by atoms with Crippen molar-refractivity contribution in [2.75, 3.05) is 6.61 Å². The zero-order valence-electron chi connectivity index (χ0n) is 15.4. The van der Waals surface area contributed by atoms with Crippen LogP contribution >= 0.6 is 22.9 Å². The van der Waals surface area contributed by atoms with E-state index in [-0.39, 0.29) is 12.4 Å². The molecule has 0 aliphatic rings. The van der Waals surface area contributed by atoms with Gasteiger partial charge in [-0.2, -0.15) is 0 Å². The maximum Gasteiger partial charge on any atom is 0.348 e. The number of nitrogens with zero attached hydrogens (tertiary/aromatic N) is 1. The summed E-state index contributed by atoms with van der Waals surface area (Å²) in [6, 6.07) is 6.36. The van der Waals surface area contributed by atoms with Gasteiger partial charge in [0.05, 0.1) is 17.6 Å². The molecule has 3 aromatic rings. The molecule has 7 nitrogen and oxygen atoms in total. The number of carbonyl (C=O) groups excluding carboxylic acids is 2. The second kappa shape index (κ2) is 8.12. The average molecular weight is 421 g/mol. The lowest BCUT2D eigenvalue weighted by Gasteiger charge is -2.12. The van der Waals surface area contributed by atoms with Gasteiger partial charge >= 0.3 is 11.9 Å². The summed E-state index contributed by atoms with van der Waals surface area (Å²) < 4.78 is 10.4. The quantitative estimate of drug-likeness (QED) is 0.625. The molecule has 0 saturated carbocycles. The van der Waals surface area contributed by atoms with Crippen LogP contribution in [0.3, 0.4) is 0 Å². The van der Waals surface area contributed by atoms with Crippen molar-refractivity contribution in [2.24, 2.45) is 0 Å². The van der Waals surface area contributed by atoms with Crippen LogP contribution in [0.4, 0.5) is 0 Å². The fourth-order valence-corrected chi connectivity index (χ4v) is 3.92. The third-order valence-corrected chi connectivity index (χ3v) is 5.41. The summed E-state index contributed by atoms with van der Waals surface area (Å²) >= 11 is 6.96. The molecule has 3 rings (SSSR count). The Kier molecular flexibility index (Phi) is 5.81. The molecule has 9 heteroatoms. The number of H-pyrrole nitrogens is 1. The van der Waals surface area contributed by atoms with Gasteiger partial charge in [0, 0.05) is 5.02 Å². The summed E-state index contributed by atoms with van der Waals surface area (Å²) in [4.78, 5) is 44.6. The Morgan fingerprint density at radius 1 is 1.32 bits per heavy atom. The highest BCUT2D eigenvalue weighted by Gasteiger charge is 2.22. The average Bonchev–Trinajstić information content (AvgIpc) is 2.99. The number of benzene rings is 1. The number of ether oxygens (including phenoxy) is 2. The number of thiophene rings is 1. The van der Waals surface area contributed by atoms with Crippen molar-refractivity contribution in [3.63, 3.8) is 0 Å². The molecule has 0 fully saturated rings. The molecular weight excluding hydrogens is 404 g/mol. The molecule has 2 aromatic heterocycles. The number of aromatic nitrogens is 2. The lowest BCUT2D eigenvalue weighted by atomic mass is 10.2. The lowest BCUT2D eigenvalue weighted by molar-refractivity contribution is 0.0319. The Balaban J connectivity index is 1.92. The monoisotopic (exact) mass is 420 g/mol. The van der Waals surface area contributed by atoms with Gasteiger partial charge in [-0.1, -0.05) is 17.7 Å². The number of hydrogen-bond acceptors (Lipinski definition) is 7. The summed E-state index contributed by atoms with van der Waals surface area (Å²) in [5.41, 5.74) is 0.400. The number of aryl methyl sites for hydroxylation is 1. The molecule has 1 N–H and O–H groups in total. The maximum absolute atomic E-state index is 12.5. The van der Waals surface area contributed by atoms with Gasteiger partial charge in [-0.15, -0.1) is 11.3 Å². The number of rotatable bonds is 5. The summed E-state index contributed by atoms with van der Waals surface area (Å²) in [6.45, 7) is 5.21. The molecule has 1 atom stereocenters. The first-order valence-electron chi connectivity index (χ1n) is 8.48. The number of halogens is 1. The Hall–Kier alpha value is -2.71. The van der Waals surface area contributed by atoms with Crippen LogP contribution in [0.25, 0.3) is 10.2 Å². The van der Waals surface area contributed by atoms with Crippen LogP contribution in [0.15, 0.2) is 29.1 Å². The highest BCUT2D eigenvalue weighted by atomic mass is 35.5. The third-order valence-electron chi connectivity index (χ3n) is 4.01. The van der Waals surface area contributed by atoms with Crippen LogP contribution in [0.1, 0.15) is 51.4 Å². The number of hydrogen-bond donors (Lipinski definition) is 1. The number of carbonyl (C=O) groups is 2. The fourth-order valence-electron chi connectivity index (χ4n) is 2.64. The number of aromatic amines is 1. The van der Waals surface area contributed by atoms with Crippen molar-refractivity contribution in [1.29, 1.82) is 0 Å². The Bertz CT molecular complexity index is 1120. The summed E-state index contributed by atoms with van der Waals surface area (Å²) in [5.74, 6) is -0.902. The standard InChI is InChI=1S/C19H17ClN2O5S/c1-4-26-19(25)14-9(2)13-16(23)21-15(22-17(13)28-14)10(3)27-18(24)11-6-5-7-12(20)8-11/h5-8,10H,4H2,1-3H3,(H,21,22,23). The topological polar surface area (TPSA) is 98.3 Å². The van der Waals surface area contributed by atoms with Crippen LogP contribution in [0.2, 0.25) is 5.02 Å². The SMILES string of the molecule is CCOC(=O)c1sc2nc(C(C)OC(=O)c3cccc(Cl)c3)[nH]c(=O)c2c1C. The van der Waals surface area contributed by atoms with Crippen molar-refractivity contribution in [2.45, 2.75) is 26.9 Å². The van der Waals surface area contributed by atoms with Gasteiger partial charge in [0.15, 0.2) is 11.9 Å². The highest BCUT2D eigenvalue weighted by molar-refractivity contribution is 7.20. The zero-order valence-corrected chi connectivity index (χ0v) is 16.9. The van der Waals surface area contributed by atoms with E-state index in [1.807, 2.05) is 0 Å². The molecule has 0 aliphatic heterocycles. The van der Waals surface area contributed by atoms with Crippen LogP contribution in [0, 0.1) is 6.92 Å². The van der Waals surface area contributed by atoms with Gasteiger partial charge in [0.2, 0.25) is 0 Å². The van der Waals surface area contributed by atoms with Gasteiger partial charge < -0.3 is 14.5 Å². The van der Waals surface area contributed by atoms with Crippen LogP contribution in [-0.4, -0.2) is 28.5 Å². The molecule has 0 bridgehead atoms. The van der Waals surface area contributed by atoms with Crippen LogP contribution < -0.4 is 5.56 Å². The first-order chi connectivity index (χ1) is 13.3. The van der Waals surface area contributed by atoms with E-state index in [2.05, 4.69) is 9.97 Å². The van der Waals surface area contributed by atoms with E-state index in [0.717, 1.165) is 11.3 Å². The molecule has 0 spiro atoms. The maximum atomic E-state index is 12.5. The summed E-state index contributed by atoms with van der Waals surface area (Å²) in [7, 11) is 0. The van der Waals surface area contributed by atoms with Gasteiger partial charge in [-0.3, -0.25) is 4.79 Å². The van der Waals surface area contributed by atoms with Crippen molar-refractivity contribution < 1.29 is 19.1 Å². The molecule has 146 valence electrons. The molecule has 2 heterocycles. The second-order valence-electron chi connectivity index (χ2n) is 5.97. The van der Waals surface area contributed by atoms with E-state index in [4.69, 9.17) is 21.1 Å². The normalized spacial score (nSPS) is 12.0. The molecule has 0 aliphatic carbocycles. The summed E-state index contributed by atoms with van der Waals surface area (Å²) in [6.07, 6.45) is -0.808. The Morgan fingerprint density at radius 3 is 2.75 bits per heavy atom. The van der Waals surface area contributed by atoms with Gasteiger partial charge in [0.1, 0.15) is 9.71 Å². The zero-order chi connectivity index (χ0) is 20.4. The van der Waals surface area contributed by atoms with Gasteiger partial charge in [-0.25, -0.2) is 14.6 Å². The number of nitrogens with one attached hydrogen (secondary N) is 1. The number of esters is 2. The smallest absolute Gasteiger partial charge is 0.348 e. The fraction of sp³-hybridized carbons (Fsp3) is 0.263. The van der Waals surface area contributed by atoms with Crippen molar-refractivity contribution in [1.82, 2.24) is 9.97 Å². The van der Waals surface area contributed by atoms with Crippen LogP contribution in [-0.2, 0) is 9.47 Å². The second-order valence-corrected chi connectivity index (χ2v) is 7.40. The van der Waals surface area contributed by atoms with Gasteiger partial charge in [0.25, 0.3) is 5.56 Å². The van der Waals surface area contributed by atoms with E-state index in [9.17, 15) is 14.4 Å². The molecule has 28 heavy (non-hydrogen) atoms. The van der Waals surface area contributed by atoms with Crippen molar-refractivity contribution in [3.8, 4) is 0 Å². The Labute approximate surface area is 169 Å². The first kappa shape index (κ1) is 20.0. The van der Waals surface area contributed by atoms with E-state index in [1.54, 1.807) is 39.0 Å². The minimum absolute atomic E-state index is 0.185. The Morgan fingerprint density at radius 2 is 2.07 bits per heavy atom. The van der Waals surface area contributed by atoms with Crippen LogP contribution in [0.5, 0.6) is 0 Å². The third kappa shape index (κ3) is 3.93.